The fraction of sp³-hybridized carbons (Fsp3) is 0.378. The van der Waals surface area contributed by atoms with Crippen LogP contribution in [0.15, 0.2) is 84.9 Å². The van der Waals surface area contributed by atoms with Gasteiger partial charge >= 0.3 is 6.09 Å². The van der Waals surface area contributed by atoms with Crippen molar-refractivity contribution in [3.05, 3.63) is 112 Å². The van der Waals surface area contributed by atoms with Crippen LogP contribution in [0.2, 0.25) is 0 Å². The maximum absolute atomic E-state index is 12.9. The number of carbonyl (C=O) groups excluding carboxylic acids is 1. The number of benzene rings is 4. The van der Waals surface area contributed by atoms with Crippen molar-refractivity contribution in [2.75, 3.05) is 53.9 Å². The third kappa shape index (κ3) is 9.53. The van der Waals surface area contributed by atoms with E-state index in [0.717, 1.165) is 33.2 Å². The van der Waals surface area contributed by atoms with Gasteiger partial charge in [0.15, 0.2) is 0 Å². The van der Waals surface area contributed by atoms with Crippen LogP contribution in [-0.4, -0.2) is 81.2 Å². The molecule has 1 aliphatic heterocycles. The third-order valence-electron chi connectivity index (χ3n) is 8.58. The molecule has 3 unspecified atom stereocenters. The predicted molar refractivity (Wildman–Crippen MR) is 183 cm³/mol. The van der Waals surface area contributed by atoms with E-state index in [9.17, 15) is 20.0 Å². The lowest BCUT2D eigenvalue weighted by molar-refractivity contribution is -0.765. The number of piperidine rings is 1. The molecule has 4 aromatic carbocycles. The molecule has 1 heterocycles. The molecule has 13 heteroatoms. The van der Waals surface area contributed by atoms with Crippen LogP contribution < -0.4 is 14.2 Å². The van der Waals surface area contributed by atoms with E-state index in [0.29, 0.717) is 37.7 Å². The van der Waals surface area contributed by atoms with Crippen molar-refractivity contribution in [1.29, 1.82) is 0 Å². The highest BCUT2D eigenvalue weighted by Crippen LogP contribution is 2.37. The smallest absolute Gasteiger partial charge is 0.411 e. The lowest BCUT2D eigenvalue weighted by Gasteiger charge is -2.42. The quantitative estimate of drug-likeness (QED) is 0.0626. The van der Waals surface area contributed by atoms with E-state index in [1.54, 1.807) is 14.2 Å². The van der Waals surface area contributed by atoms with Gasteiger partial charge in [0, 0.05) is 42.4 Å². The molecule has 1 N–H and O–H groups in total. The van der Waals surface area contributed by atoms with Gasteiger partial charge in [-0.15, -0.1) is 10.1 Å². The molecule has 0 radical (unpaired) electrons. The zero-order valence-electron chi connectivity index (χ0n) is 28.1. The molecule has 5 rings (SSSR count). The average molecular weight is 691 g/mol. The zero-order chi connectivity index (χ0) is 35.3. The van der Waals surface area contributed by atoms with Crippen LogP contribution in [0.25, 0.3) is 10.8 Å². The third-order valence-corrected chi connectivity index (χ3v) is 8.58. The summed E-state index contributed by atoms with van der Waals surface area (Å²) >= 11 is 0. The summed E-state index contributed by atoms with van der Waals surface area (Å²) in [4.78, 5) is 28.9. The number of likely N-dealkylation sites (tertiary alicyclic amines) is 1. The molecular formula is C37H42N2O11. The summed E-state index contributed by atoms with van der Waals surface area (Å²) in [5, 5.41) is 22.0. The van der Waals surface area contributed by atoms with E-state index in [4.69, 9.17) is 28.4 Å². The second kappa shape index (κ2) is 18.0. The van der Waals surface area contributed by atoms with Crippen LogP contribution in [0.4, 0.5) is 4.79 Å². The minimum absolute atomic E-state index is 0.121. The van der Waals surface area contributed by atoms with Gasteiger partial charge in [-0.25, -0.2) is 4.79 Å². The van der Waals surface area contributed by atoms with E-state index < -0.39 is 30.0 Å². The second-order valence-corrected chi connectivity index (χ2v) is 11.8. The summed E-state index contributed by atoms with van der Waals surface area (Å²) in [5.74, 6) is 1.48. The second-order valence-electron chi connectivity index (χ2n) is 11.8. The number of carbonyl (C=O) groups is 1. The molecule has 1 fully saturated rings. The Morgan fingerprint density at radius 3 is 2.44 bits per heavy atom. The number of aliphatic hydroxyl groups excluding tert-OH is 1. The molecule has 0 saturated carbocycles. The Kier molecular flexibility index (Phi) is 13.1. The predicted octanol–water partition coefficient (Wildman–Crippen LogP) is 5.74. The number of hydrogen-bond acceptors (Lipinski definition) is 11. The molecule has 1 saturated heterocycles. The highest BCUT2D eigenvalue weighted by molar-refractivity contribution is 5.89. The van der Waals surface area contributed by atoms with Gasteiger partial charge in [-0.2, -0.15) is 0 Å². The number of rotatable bonds is 17. The Labute approximate surface area is 290 Å². The minimum Gasteiger partial charge on any atom is -0.496 e. The van der Waals surface area contributed by atoms with Crippen molar-refractivity contribution in [3.63, 3.8) is 0 Å². The number of ether oxygens (including phenoxy) is 6. The van der Waals surface area contributed by atoms with E-state index in [-0.39, 0.29) is 32.2 Å². The minimum atomic E-state index is -1.04. The van der Waals surface area contributed by atoms with Crippen molar-refractivity contribution < 1.29 is 48.2 Å². The molecule has 0 aromatic heterocycles. The lowest BCUT2D eigenvalue weighted by atomic mass is 9.79. The van der Waals surface area contributed by atoms with Gasteiger partial charge in [0.2, 0.25) is 6.79 Å². The van der Waals surface area contributed by atoms with Gasteiger partial charge in [0.1, 0.15) is 17.2 Å². The van der Waals surface area contributed by atoms with Crippen LogP contribution in [0.5, 0.6) is 17.2 Å². The Hall–Kier alpha value is -5.11. The van der Waals surface area contributed by atoms with Crippen LogP contribution in [-0.2, 0) is 32.3 Å². The number of methoxy groups -OCH3 is 2. The lowest BCUT2D eigenvalue weighted by Crippen LogP contribution is -2.52. The van der Waals surface area contributed by atoms with Crippen LogP contribution in [0.3, 0.4) is 0 Å². The summed E-state index contributed by atoms with van der Waals surface area (Å²) in [6.45, 7) is 0.830. The number of aliphatic hydroxyl groups is 1. The first-order valence-corrected chi connectivity index (χ1v) is 16.3. The Morgan fingerprint density at radius 1 is 0.920 bits per heavy atom. The summed E-state index contributed by atoms with van der Waals surface area (Å²) in [6.07, 6.45) is -0.671. The fourth-order valence-electron chi connectivity index (χ4n) is 6.21. The van der Waals surface area contributed by atoms with E-state index in [1.807, 2.05) is 84.9 Å². The molecule has 3 atom stereocenters. The van der Waals surface area contributed by atoms with Crippen molar-refractivity contribution in [3.8, 4) is 17.2 Å². The molecule has 1 aliphatic rings. The molecule has 0 bridgehead atoms. The summed E-state index contributed by atoms with van der Waals surface area (Å²) in [5.41, 5.74) is 2.76. The molecule has 50 heavy (non-hydrogen) atoms. The fourth-order valence-corrected chi connectivity index (χ4v) is 6.21. The van der Waals surface area contributed by atoms with Crippen molar-refractivity contribution in [1.82, 2.24) is 4.90 Å². The highest BCUT2D eigenvalue weighted by atomic mass is 17.0. The number of hydrogen-bond donors (Lipinski definition) is 1. The van der Waals surface area contributed by atoms with E-state index in [2.05, 4.69) is 4.84 Å². The van der Waals surface area contributed by atoms with Gasteiger partial charge in [0.05, 0.1) is 53.3 Å². The average Bonchev–Trinajstić information content (AvgIpc) is 3.14. The molecule has 4 aromatic rings. The molecule has 13 nitrogen and oxygen atoms in total. The first-order chi connectivity index (χ1) is 24.4. The van der Waals surface area contributed by atoms with Gasteiger partial charge < -0.3 is 38.4 Å². The SMILES string of the molecule is COc1ccccc1COCCCOc1ccc(C2C(CO)CN(C(=O)OCO[N+](=O)[O-])CC2OCc2cc(OC)c3ccccc3c2)cc1. The number of amides is 1. The standard InChI is InChI=1S/C37H42N2O11/c1-44-33-11-6-4-9-29(33)24-46-16-7-17-47-31-14-12-27(13-15-31)36-30(22-40)20-38(37(41)49-25-50-39(42)43)21-35(36)48-23-26-18-28-8-3-5-10-32(28)34(19-26)45-2/h3-6,8-15,18-19,30,35-36,40H,7,16-17,20-25H2,1-2H3. The van der Waals surface area contributed by atoms with Gasteiger partial charge in [-0.05, 0) is 46.8 Å². The maximum Gasteiger partial charge on any atom is 0.411 e. The summed E-state index contributed by atoms with van der Waals surface area (Å²) < 4.78 is 34.2. The van der Waals surface area contributed by atoms with Crippen molar-refractivity contribution in [2.24, 2.45) is 5.92 Å². The topological polar surface area (TPSA) is 148 Å². The zero-order valence-corrected chi connectivity index (χ0v) is 28.1. The van der Waals surface area contributed by atoms with Gasteiger partial charge in [-0.3, -0.25) is 4.84 Å². The first kappa shape index (κ1) is 36.2. The summed E-state index contributed by atoms with van der Waals surface area (Å²) in [6, 6.07) is 27.2. The number of fused-ring (bicyclic) bond motifs is 1. The Morgan fingerprint density at radius 2 is 1.68 bits per heavy atom. The van der Waals surface area contributed by atoms with Gasteiger partial charge in [0.25, 0.3) is 5.09 Å². The largest absolute Gasteiger partial charge is 0.496 e. The molecule has 0 aliphatic carbocycles. The number of para-hydroxylation sites is 1. The molecule has 1 amide bonds. The number of nitrogens with zero attached hydrogens (tertiary/aromatic N) is 2. The normalized spacial score (nSPS) is 17.3. The van der Waals surface area contributed by atoms with Crippen LogP contribution in [0, 0.1) is 16.0 Å². The maximum atomic E-state index is 12.9. The first-order valence-electron chi connectivity index (χ1n) is 16.3. The Balaban J connectivity index is 1.24. The van der Waals surface area contributed by atoms with E-state index >= 15 is 0 Å². The molecule has 266 valence electrons. The van der Waals surface area contributed by atoms with E-state index in [1.165, 1.54) is 4.90 Å². The van der Waals surface area contributed by atoms with Crippen LogP contribution in [0.1, 0.15) is 29.0 Å². The highest BCUT2D eigenvalue weighted by Gasteiger charge is 2.40. The summed E-state index contributed by atoms with van der Waals surface area (Å²) in [7, 11) is 3.26. The monoisotopic (exact) mass is 690 g/mol. The Bertz CT molecular complexity index is 1700. The van der Waals surface area contributed by atoms with Crippen LogP contribution >= 0.6 is 0 Å². The van der Waals surface area contributed by atoms with Crippen molar-refractivity contribution in [2.45, 2.75) is 31.7 Å². The van der Waals surface area contributed by atoms with Gasteiger partial charge in [-0.1, -0.05) is 54.6 Å². The molecular weight excluding hydrogens is 648 g/mol. The van der Waals surface area contributed by atoms with Crippen molar-refractivity contribution >= 4 is 16.9 Å². The molecule has 0 spiro atoms.